The molecule has 3 atom stereocenters. The Hall–Kier alpha value is -0.490. The van der Waals surface area contributed by atoms with Gasteiger partial charge in [0.15, 0.2) is 0 Å². The Labute approximate surface area is 119 Å². The van der Waals surface area contributed by atoms with E-state index in [0.717, 1.165) is 30.5 Å². The van der Waals surface area contributed by atoms with Gasteiger partial charge in [-0.15, -0.1) is 11.3 Å². The van der Waals surface area contributed by atoms with Crippen LogP contribution in [0.5, 0.6) is 0 Å². The van der Waals surface area contributed by atoms with Crippen LogP contribution < -0.4 is 5.32 Å². The lowest BCUT2D eigenvalue weighted by molar-refractivity contribution is 0.0384. The average molecular weight is 284 g/mol. The van der Waals surface area contributed by atoms with Crippen molar-refractivity contribution in [1.29, 1.82) is 0 Å². The maximum Gasteiger partial charge on any atom is 0.0897 e. The predicted octanol–water partition coefficient (Wildman–Crippen LogP) is 1.62. The zero-order valence-corrected chi connectivity index (χ0v) is 12.6. The van der Waals surface area contributed by atoms with Gasteiger partial charge in [-0.3, -0.25) is 0 Å². The molecule has 1 fully saturated rings. The zero-order valence-electron chi connectivity index (χ0n) is 11.8. The summed E-state index contributed by atoms with van der Waals surface area (Å²) in [6.45, 7) is 7.00. The largest absolute Gasteiger partial charge is 0.389 e. The maximum absolute atomic E-state index is 9.76. The third-order valence-corrected chi connectivity index (χ3v) is 4.69. The van der Waals surface area contributed by atoms with Crippen molar-refractivity contribution in [2.45, 2.75) is 32.8 Å². The number of thiazole rings is 1. The third-order valence-electron chi connectivity index (χ3n) is 3.69. The van der Waals surface area contributed by atoms with Crippen LogP contribution in [0.3, 0.4) is 0 Å². The lowest BCUT2D eigenvalue weighted by Crippen LogP contribution is -2.32. The van der Waals surface area contributed by atoms with Crippen LogP contribution in [0.2, 0.25) is 0 Å². The number of nitrogens with zero attached hydrogens (tertiary/aromatic N) is 1. The van der Waals surface area contributed by atoms with E-state index in [4.69, 9.17) is 4.74 Å². The van der Waals surface area contributed by atoms with Gasteiger partial charge in [-0.25, -0.2) is 4.98 Å². The van der Waals surface area contributed by atoms with E-state index in [1.165, 1.54) is 11.3 Å². The normalized spacial score (nSPS) is 23.5. The Kier molecular flexibility index (Phi) is 5.76. The lowest BCUT2D eigenvalue weighted by atomic mass is 10.3. The summed E-state index contributed by atoms with van der Waals surface area (Å²) in [7, 11) is 0. The monoisotopic (exact) mass is 284 g/mol. The number of nitrogens with one attached hydrogen (secondary N) is 1. The predicted molar refractivity (Wildman–Crippen MR) is 77.5 cm³/mol. The van der Waals surface area contributed by atoms with Gasteiger partial charge in [0, 0.05) is 17.8 Å². The van der Waals surface area contributed by atoms with Gasteiger partial charge >= 0.3 is 0 Å². The molecule has 5 heteroatoms. The van der Waals surface area contributed by atoms with Crippen LogP contribution in [0.25, 0.3) is 0 Å². The fourth-order valence-electron chi connectivity index (χ4n) is 2.13. The van der Waals surface area contributed by atoms with E-state index in [2.05, 4.69) is 17.2 Å². The summed E-state index contributed by atoms with van der Waals surface area (Å²) in [5, 5.41) is 13.1. The standard InChI is InChI=1S/C14H24N2O2S/c1-10-5-12(10)6-15-7-13(17)8-18-4-3-14-11(2)16-9-19-14/h9-10,12-13,15,17H,3-8H2,1-2H3. The van der Waals surface area contributed by atoms with Gasteiger partial charge in [-0.2, -0.15) is 0 Å². The highest BCUT2D eigenvalue weighted by molar-refractivity contribution is 7.09. The number of aliphatic hydroxyl groups is 1. The van der Waals surface area contributed by atoms with Crippen LogP contribution >= 0.6 is 11.3 Å². The molecule has 2 rings (SSSR count). The van der Waals surface area contributed by atoms with Crippen molar-refractivity contribution >= 4 is 11.3 Å². The first-order valence-corrected chi connectivity index (χ1v) is 7.90. The molecule has 19 heavy (non-hydrogen) atoms. The molecule has 4 nitrogen and oxygen atoms in total. The van der Waals surface area contributed by atoms with E-state index in [9.17, 15) is 5.11 Å². The summed E-state index contributed by atoms with van der Waals surface area (Å²) in [6.07, 6.45) is 1.81. The van der Waals surface area contributed by atoms with Crippen LogP contribution in [0, 0.1) is 18.8 Å². The van der Waals surface area contributed by atoms with E-state index in [1.807, 2.05) is 12.4 Å². The minimum atomic E-state index is -0.406. The molecule has 2 N–H and O–H groups in total. The fraction of sp³-hybridized carbons (Fsp3) is 0.786. The quantitative estimate of drug-likeness (QED) is 0.677. The summed E-state index contributed by atoms with van der Waals surface area (Å²) in [4.78, 5) is 5.48. The minimum absolute atomic E-state index is 0.406. The minimum Gasteiger partial charge on any atom is -0.389 e. The van der Waals surface area contributed by atoms with Crippen LogP contribution in [0.1, 0.15) is 23.9 Å². The van der Waals surface area contributed by atoms with E-state index in [-0.39, 0.29) is 0 Å². The fourth-order valence-corrected chi connectivity index (χ4v) is 2.89. The van der Waals surface area contributed by atoms with Gasteiger partial charge in [0.1, 0.15) is 0 Å². The van der Waals surface area contributed by atoms with E-state index < -0.39 is 6.10 Å². The molecule has 1 saturated carbocycles. The Balaban J connectivity index is 1.47. The number of aryl methyl sites for hydroxylation is 1. The number of rotatable bonds is 9. The number of ether oxygens (including phenoxy) is 1. The van der Waals surface area contributed by atoms with E-state index in [1.54, 1.807) is 11.3 Å². The van der Waals surface area contributed by atoms with Gasteiger partial charge in [-0.05, 0) is 31.7 Å². The van der Waals surface area contributed by atoms with Crippen molar-refractivity contribution in [2.24, 2.45) is 11.8 Å². The first-order chi connectivity index (χ1) is 9.16. The Morgan fingerprint density at radius 3 is 3.05 bits per heavy atom. The molecule has 0 aromatic carbocycles. The molecule has 1 heterocycles. The third kappa shape index (κ3) is 5.18. The number of hydrogen-bond acceptors (Lipinski definition) is 5. The van der Waals surface area contributed by atoms with Gasteiger partial charge in [0.05, 0.1) is 30.5 Å². The molecule has 108 valence electrons. The van der Waals surface area contributed by atoms with Crippen molar-refractivity contribution in [2.75, 3.05) is 26.3 Å². The van der Waals surface area contributed by atoms with Gasteiger partial charge in [0.2, 0.25) is 0 Å². The molecule has 1 aromatic heterocycles. The summed E-state index contributed by atoms with van der Waals surface area (Å²) in [6, 6.07) is 0. The Morgan fingerprint density at radius 2 is 2.42 bits per heavy atom. The molecule has 0 aliphatic heterocycles. The molecule has 1 aliphatic rings. The lowest BCUT2D eigenvalue weighted by Gasteiger charge is -2.12. The Bertz CT molecular complexity index is 383. The van der Waals surface area contributed by atoms with E-state index >= 15 is 0 Å². The van der Waals surface area contributed by atoms with Gasteiger partial charge in [0.25, 0.3) is 0 Å². The number of hydrogen-bond donors (Lipinski definition) is 2. The SMILES string of the molecule is Cc1ncsc1CCOCC(O)CNCC1CC1C. The van der Waals surface area contributed by atoms with Crippen molar-refractivity contribution < 1.29 is 9.84 Å². The molecule has 3 unspecified atom stereocenters. The summed E-state index contributed by atoms with van der Waals surface area (Å²) in [5.74, 6) is 1.69. The number of aromatic nitrogens is 1. The molecule has 0 radical (unpaired) electrons. The van der Waals surface area contributed by atoms with Gasteiger partial charge < -0.3 is 15.2 Å². The molecule has 0 saturated heterocycles. The van der Waals surface area contributed by atoms with Crippen LogP contribution in [0.4, 0.5) is 0 Å². The van der Waals surface area contributed by atoms with Crippen molar-refractivity contribution in [1.82, 2.24) is 10.3 Å². The molecular weight excluding hydrogens is 260 g/mol. The highest BCUT2D eigenvalue weighted by Crippen LogP contribution is 2.36. The second kappa shape index (κ2) is 7.33. The molecule has 1 aromatic rings. The van der Waals surface area contributed by atoms with Crippen LogP contribution in [0.15, 0.2) is 5.51 Å². The second-order valence-electron chi connectivity index (χ2n) is 5.47. The highest BCUT2D eigenvalue weighted by Gasteiger charge is 2.31. The summed E-state index contributed by atoms with van der Waals surface area (Å²) < 4.78 is 5.51. The maximum atomic E-state index is 9.76. The van der Waals surface area contributed by atoms with Crippen molar-refractivity contribution in [3.8, 4) is 0 Å². The smallest absolute Gasteiger partial charge is 0.0897 e. The first kappa shape index (κ1) is 14.9. The van der Waals surface area contributed by atoms with Crippen LogP contribution in [-0.2, 0) is 11.2 Å². The first-order valence-electron chi connectivity index (χ1n) is 7.02. The molecule has 0 spiro atoms. The van der Waals surface area contributed by atoms with Crippen molar-refractivity contribution in [3.63, 3.8) is 0 Å². The van der Waals surface area contributed by atoms with Gasteiger partial charge in [-0.1, -0.05) is 6.92 Å². The van der Waals surface area contributed by atoms with Crippen molar-refractivity contribution in [3.05, 3.63) is 16.1 Å². The summed E-state index contributed by atoms with van der Waals surface area (Å²) in [5.41, 5.74) is 2.96. The highest BCUT2D eigenvalue weighted by atomic mass is 32.1. The molecule has 0 amide bonds. The topological polar surface area (TPSA) is 54.4 Å². The van der Waals surface area contributed by atoms with Crippen LogP contribution in [-0.4, -0.2) is 42.5 Å². The zero-order chi connectivity index (χ0) is 13.7. The number of aliphatic hydroxyl groups excluding tert-OH is 1. The second-order valence-corrected chi connectivity index (χ2v) is 6.41. The Morgan fingerprint density at radius 1 is 1.63 bits per heavy atom. The molecular formula is C14H24N2O2S. The van der Waals surface area contributed by atoms with E-state index in [0.29, 0.717) is 19.8 Å². The average Bonchev–Trinajstić information content (AvgIpc) is 2.92. The molecule has 1 aliphatic carbocycles. The summed E-state index contributed by atoms with van der Waals surface area (Å²) >= 11 is 1.67. The molecule has 0 bridgehead atoms.